The summed E-state index contributed by atoms with van der Waals surface area (Å²) in [5.74, 6) is -0.0897. The predicted molar refractivity (Wildman–Crippen MR) is 132 cm³/mol. The number of hydrogen-bond acceptors (Lipinski definition) is 4. The second-order valence-electron chi connectivity index (χ2n) is 7.68. The summed E-state index contributed by atoms with van der Waals surface area (Å²) in [7, 11) is 0. The number of anilines is 2. The van der Waals surface area contributed by atoms with E-state index < -0.39 is 0 Å². The van der Waals surface area contributed by atoms with Crippen molar-refractivity contribution in [3.05, 3.63) is 88.5 Å². The number of hydrogen-bond donors (Lipinski definition) is 2. The van der Waals surface area contributed by atoms with Crippen LogP contribution in [0.2, 0.25) is 10.0 Å². The predicted octanol–water partition coefficient (Wildman–Crippen LogP) is 5.36. The van der Waals surface area contributed by atoms with E-state index in [9.17, 15) is 9.59 Å². The maximum atomic E-state index is 13.0. The van der Waals surface area contributed by atoms with Crippen molar-refractivity contribution in [3.63, 3.8) is 0 Å². The van der Waals surface area contributed by atoms with Crippen LogP contribution >= 0.6 is 23.2 Å². The average molecular weight is 493 g/mol. The second kappa shape index (κ2) is 9.21. The number of fused-ring (bicyclic) bond motifs is 1. The molecular weight excluding hydrogens is 475 g/mol. The number of carbonyl (C=O) groups is 2. The van der Waals surface area contributed by atoms with Gasteiger partial charge in [0.1, 0.15) is 5.75 Å². The fraction of sp³-hybridized carbons (Fsp3) is 0.0800. The Morgan fingerprint density at radius 3 is 2.62 bits per heavy atom. The molecule has 0 fully saturated rings. The Bertz CT molecular complexity index is 1390. The van der Waals surface area contributed by atoms with Crippen molar-refractivity contribution in [1.82, 2.24) is 9.78 Å². The number of aromatic nitrogens is 2. The van der Waals surface area contributed by atoms with Crippen LogP contribution in [0.25, 0.3) is 16.9 Å². The molecule has 0 saturated heterocycles. The lowest BCUT2D eigenvalue weighted by atomic mass is 10.1. The Morgan fingerprint density at radius 2 is 1.85 bits per heavy atom. The highest BCUT2D eigenvalue weighted by Gasteiger charge is 2.20. The number of para-hydroxylation sites is 1. The molecule has 2 heterocycles. The van der Waals surface area contributed by atoms with Crippen LogP contribution in [0.4, 0.5) is 11.4 Å². The number of benzene rings is 3. The first-order chi connectivity index (χ1) is 16.5. The fourth-order valence-corrected chi connectivity index (χ4v) is 4.00. The van der Waals surface area contributed by atoms with Crippen LogP contribution in [0.3, 0.4) is 0 Å². The third-order valence-electron chi connectivity index (χ3n) is 5.26. The molecule has 0 atom stereocenters. The standard InChI is InChI=1S/C25H18Cl2N4O3/c26-17-8-6-15(7-9-17)25-16(13-31(30-25)18-4-2-1-3-5-18)10-23(32)28-20-12-22-21(11-19(20)27)29-24(33)14-34-22/h1-9,11-13H,10,14H2,(H,28,32)(H,29,33). The largest absolute Gasteiger partial charge is 0.482 e. The van der Waals surface area contributed by atoms with Gasteiger partial charge in [-0.15, -0.1) is 0 Å². The zero-order chi connectivity index (χ0) is 23.7. The van der Waals surface area contributed by atoms with Crippen LogP contribution < -0.4 is 15.4 Å². The molecule has 2 N–H and O–H groups in total. The minimum absolute atomic E-state index is 0.0653. The van der Waals surface area contributed by atoms with Crippen LogP contribution in [0, 0.1) is 0 Å². The van der Waals surface area contributed by atoms with E-state index in [4.69, 9.17) is 33.0 Å². The van der Waals surface area contributed by atoms with E-state index in [1.807, 2.05) is 48.7 Å². The maximum absolute atomic E-state index is 13.0. The molecule has 1 aromatic heterocycles. The van der Waals surface area contributed by atoms with E-state index in [1.54, 1.807) is 28.9 Å². The number of nitrogens with zero attached hydrogens (tertiary/aromatic N) is 2. The van der Waals surface area contributed by atoms with E-state index >= 15 is 0 Å². The monoisotopic (exact) mass is 492 g/mol. The number of carbonyl (C=O) groups excluding carboxylic acids is 2. The third kappa shape index (κ3) is 4.62. The van der Waals surface area contributed by atoms with Gasteiger partial charge < -0.3 is 15.4 Å². The number of amides is 2. The van der Waals surface area contributed by atoms with Crippen molar-refractivity contribution < 1.29 is 14.3 Å². The summed E-state index contributed by atoms with van der Waals surface area (Å²) < 4.78 is 7.17. The molecule has 0 unspecified atom stereocenters. The van der Waals surface area contributed by atoms with Gasteiger partial charge in [0.25, 0.3) is 5.91 Å². The fourth-order valence-electron chi connectivity index (χ4n) is 3.67. The van der Waals surface area contributed by atoms with Gasteiger partial charge in [0, 0.05) is 28.4 Å². The summed E-state index contributed by atoms with van der Waals surface area (Å²) in [5.41, 5.74) is 4.00. The summed E-state index contributed by atoms with van der Waals surface area (Å²) >= 11 is 12.4. The van der Waals surface area contributed by atoms with Crippen molar-refractivity contribution in [2.45, 2.75) is 6.42 Å². The summed E-state index contributed by atoms with van der Waals surface area (Å²) in [6.45, 7) is -0.0921. The zero-order valence-electron chi connectivity index (χ0n) is 17.7. The second-order valence-corrected chi connectivity index (χ2v) is 8.52. The van der Waals surface area contributed by atoms with Gasteiger partial charge in [-0.2, -0.15) is 5.10 Å². The van der Waals surface area contributed by atoms with E-state index in [1.165, 1.54) is 0 Å². The van der Waals surface area contributed by atoms with Gasteiger partial charge in [-0.3, -0.25) is 9.59 Å². The molecule has 0 spiro atoms. The molecule has 0 aliphatic carbocycles. The van der Waals surface area contributed by atoms with E-state index in [2.05, 4.69) is 10.6 Å². The van der Waals surface area contributed by atoms with E-state index in [-0.39, 0.29) is 29.9 Å². The van der Waals surface area contributed by atoms with E-state index in [0.29, 0.717) is 27.8 Å². The minimum atomic E-state index is -0.274. The van der Waals surface area contributed by atoms with Crippen molar-refractivity contribution in [3.8, 4) is 22.7 Å². The molecule has 0 bridgehead atoms. The summed E-state index contributed by atoms with van der Waals surface area (Å²) in [6.07, 6.45) is 1.90. The molecule has 0 radical (unpaired) electrons. The first-order valence-corrected chi connectivity index (χ1v) is 11.2. The Morgan fingerprint density at radius 1 is 1.09 bits per heavy atom. The van der Waals surface area contributed by atoms with Crippen molar-refractivity contribution in [2.24, 2.45) is 0 Å². The minimum Gasteiger partial charge on any atom is -0.482 e. The van der Waals surface area contributed by atoms with Crippen molar-refractivity contribution >= 4 is 46.4 Å². The lowest BCUT2D eigenvalue weighted by Crippen LogP contribution is -2.25. The van der Waals surface area contributed by atoms with Crippen LogP contribution in [-0.2, 0) is 16.0 Å². The SMILES string of the molecule is O=C(Cc1cn(-c2ccccc2)nc1-c1ccc(Cl)cc1)Nc1cc2c(cc1Cl)NC(=O)CO2. The van der Waals surface area contributed by atoms with Crippen LogP contribution in [0.1, 0.15) is 5.56 Å². The van der Waals surface area contributed by atoms with Crippen molar-refractivity contribution in [1.29, 1.82) is 0 Å². The number of nitrogens with one attached hydrogen (secondary N) is 2. The quantitative estimate of drug-likeness (QED) is 0.392. The Balaban J connectivity index is 1.43. The lowest BCUT2D eigenvalue weighted by Gasteiger charge is -2.19. The Hall–Kier alpha value is -3.81. The molecule has 0 saturated carbocycles. The normalized spacial score (nSPS) is 12.5. The number of halogens is 2. The maximum Gasteiger partial charge on any atom is 0.262 e. The van der Waals surface area contributed by atoms with E-state index in [0.717, 1.165) is 16.8 Å². The van der Waals surface area contributed by atoms with Gasteiger partial charge in [-0.05, 0) is 30.3 Å². The zero-order valence-corrected chi connectivity index (χ0v) is 19.2. The molecule has 4 aromatic rings. The third-order valence-corrected chi connectivity index (χ3v) is 5.82. The van der Waals surface area contributed by atoms with Gasteiger partial charge in [0.05, 0.1) is 34.2 Å². The summed E-state index contributed by atoms with van der Waals surface area (Å²) in [5, 5.41) is 11.2. The summed E-state index contributed by atoms with van der Waals surface area (Å²) in [4.78, 5) is 24.5. The molecular formula is C25H18Cl2N4O3. The highest BCUT2D eigenvalue weighted by Crippen LogP contribution is 2.36. The van der Waals surface area contributed by atoms with Crippen molar-refractivity contribution in [2.75, 3.05) is 17.2 Å². The molecule has 170 valence electrons. The van der Waals surface area contributed by atoms with Gasteiger partial charge in [-0.1, -0.05) is 53.5 Å². The molecule has 9 heteroatoms. The smallest absolute Gasteiger partial charge is 0.262 e. The highest BCUT2D eigenvalue weighted by molar-refractivity contribution is 6.34. The van der Waals surface area contributed by atoms with Crippen LogP contribution in [0.5, 0.6) is 5.75 Å². The lowest BCUT2D eigenvalue weighted by molar-refractivity contribution is -0.118. The average Bonchev–Trinajstić information content (AvgIpc) is 3.24. The molecule has 34 heavy (non-hydrogen) atoms. The summed E-state index contributed by atoms with van der Waals surface area (Å²) in [6, 6.07) is 20.1. The molecule has 3 aromatic carbocycles. The first-order valence-electron chi connectivity index (χ1n) is 10.4. The Kier molecular flexibility index (Phi) is 5.96. The van der Waals surface area contributed by atoms with Gasteiger partial charge in [-0.25, -0.2) is 4.68 Å². The number of ether oxygens (including phenoxy) is 1. The van der Waals surface area contributed by atoms with Crippen LogP contribution in [-0.4, -0.2) is 28.2 Å². The van der Waals surface area contributed by atoms with Gasteiger partial charge in [0.15, 0.2) is 6.61 Å². The topological polar surface area (TPSA) is 85.3 Å². The van der Waals surface area contributed by atoms with Gasteiger partial charge in [0.2, 0.25) is 5.91 Å². The highest BCUT2D eigenvalue weighted by atomic mass is 35.5. The van der Waals surface area contributed by atoms with Gasteiger partial charge >= 0.3 is 0 Å². The first kappa shape index (κ1) is 22.0. The molecule has 7 nitrogen and oxygen atoms in total. The molecule has 5 rings (SSSR count). The molecule has 1 aliphatic heterocycles. The Labute approximate surface area is 205 Å². The molecule has 1 aliphatic rings. The van der Waals surface area contributed by atoms with Crippen LogP contribution in [0.15, 0.2) is 72.9 Å². The number of rotatable bonds is 5. The molecule has 2 amide bonds.